The van der Waals surface area contributed by atoms with Crippen molar-refractivity contribution >= 4 is 87.6 Å². The fourth-order valence-corrected chi connectivity index (χ4v) is 11.0. The number of primary amides is 1. The summed E-state index contributed by atoms with van der Waals surface area (Å²) >= 11 is 0. The number of amides is 10. The number of carboxylic acids is 1. The van der Waals surface area contributed by atoms with Crippen LogP contribution in [0, 0.1) is 11.3 Å². The van der Waals surface area contributed by atoms with Crippen molar-refractivity contribution in [2.75, 3.05) is 32.5 Å². The molecule has 9 N–H and O–H groups in total. The van der Waals surface area contributed by atoms with Crippen molar-refractivity contribution in [3.05, 3.63) is 89.7 Å². The topological polar surface area (TPSA) is 347 Å². The van der Waals surface area contributed by atoms with Crippen LogP contribution in [0.5, 0.6) is 0 Å². The summed E-state index contributed by atoms with van der Waals surface area (Å²) in [6, 6.07) is 6.46. The van der Waals surface area contributed by atoms with E-state index in [1.54, 1.807) is 20.2 Å². The number of hydrogen-bond acceptors (Lipinski definition) is 14. The lowest BCUT2D eigenvalue weighted by Gasteiger charge is -2.39. The lowest BCUT2D eigenvalue weighted by molar-refractivity contribution is -0.149. The molecule has 3 heterocycles. The highest BCUT2D eigenvalue weighted by molar-refractivity contribution is 6.13. The van der Waals surface area contributed by atoms with Gasteiger partial charge < -0.3 is 61.8 Å². The highest BCUT2D eigenvalue weighted by atomic mass is 16.5. The molecule has 1 fully saturated rings. The smallest absolute Gasteiger partial charge is 0.328 e. The van der Waals surface area contributed by atoms with Crippen LogP contribution in [-0.4, -0.2) is 165 Å². The Hall–Kier alpha value is -8.74. The van der Waals surface area contributed by atoms with Gasteiger partial charge in [0.05, 0.1) is 18.5 Å². The molecule has 2 aliphatic rings. The molecule has 25 nitrogen and oxygen atoms in total. The van der Waals surface area contributed by atoms with Crippen molar-refractivity contribution in [2.24, 2.45) is 24.1 Å². The van der Waals surface area contributed by atoms with Gasteiger partial charge in [-0.3, -0.25) is 57.6 Å². The number of likely N-dealkylation sites (N-methyl/N-ethyl adjacent to an activating group) is 2. The highest BCUT2D eigenvalue weighted by Gasteiger charge is 2.43. The van der Waals surface area contributed by atoms with Gasteiger partial charge in [-0.25, -0.2) is 4.79 Å². The van der Waals surface area contributed by atoms with Gasteiger partial charge in [-0.05, 0) is 93.7 Å². The quantitative estimate of drug-likeness (QED) is 0.0198. The van der Waals surface area contributed by atoms with Gasteiger partial charge in [0.25, 0.3) is 11.8 Å². The number of aliphatic carboxylic acids is 1. The first-order chi connectivity index (χ1) is 41.8. The SMILES string of the molecule is CN[C@H](C(=O)N[C@H](C(=O)N(C)[C@H](/C=C(\C)C(=O)N[C@@H](CCC(=O)O)C(=O)OCc1ccc(NC(=O)[C@H](CC(N)=O)NC(=O)[C@H](C)NC(=O)[C@@H]2CCCN2C(=O)CCCCCN2C(=O)C=CC2=O)cc1)C(C)C)C(C)(C)C)C(C)(C)c1cn(C)c2ccccc12. The molecule has 484 valence electrons. The molecule has 0 saturated carbocycles. The number of esters is 1. The number of carbonyl (C=O) groups is 12. The first-order valence-corrected chi connectivity index (χ1v) is 30.1. The molecule has 1 saturated heterocycles. The minimum atomic E-state index is -1.48. The maximum Gasteiger partial charge on any atom is 0.328 e. The van der Waals surface area contributed by atoms with Gasteiger partial charge in [-0.1, -0.05) is 91.3 Å². The lowest BCUT2D eigenvalue weighted by atomic mass is 9.76. The highest BCUT2D eigenvalue weighted by Crippen LogP contribution is 2.35. The number of unbranched alkanes of at least 4 members (excludes halogenated alkanes) is 2. The number of ether oxygens (including phenoxy) is 1. The Kier molecular flexibility index (Phi) is 25.1. The van der Waals surface area contributed by atoms with Gasteiger partial charge >= 0.3 is 11.9 Å². The molecular weight excluding hydrogens is 1150 g/mol. The van der Waals surface area contributed by atoms with Gasteiger partial charge in [0, 0.05) is 86.0 Å². The predicted octanol–water partition coefficient (Wildman–Crippen LogP) is 3.38. The Bertz CT molecular complexity index is 3180. The van der Waals surface area contributed by atoms with Crippen LogP contribution < -0.4 is 37.6 Å². The van der Waals surface area contributed by atoms with E-state index in [1.165, 1.54) is 60.1 Å². The molecule has 0 bridgehead atoms. The van der Waals surface area contributed by atoms with E-state index in [1.807, 2.05) is 90.5 Å². The average molecular weight is 1240 g/mol. The molecule has 10 amide bonds. The van der Waals surface area contributed by atoms with E-state index in [0.29, 0.717) is 44.2 Å². The number of rotatable bonds is 31. The number of fused-ring (bicyclic) bond motifs is 1. The van der Waals surface area contributed by atoms with Crippen LogP contribution >= 0.6 is 0 Å². The van der Waals surface area contributed by atoms with E-state index in [-0.39, 0.29) is 66.8 Å². The monoisotopic (exact) mass is 1240 g/mol. The molecular formula is C64H89N11O14. The standard InChI is InChI=1S/C64H89N11O14/c1-37(2)48(73(12)61(87)55(63(5,6)7)71-60(86)54(66-10)64(8,9)43-35-72(11)46-20-16-15-19-42(43)46)33-38(3)56(82)69-44(27-30-53(80)81)62(88)89-36-40-23-25-41(26-24-40)68-58(84)45(34-49(65)76)70-57(83)39(4)67-59(85)47-21-18-32-74(47)50(77)22-14-13-17-31-75-51(78)28-29-52(75)79/h15-16,19-20,23-26,28-29,33,35,37,39,44-45,47-48,54-55,66H,13-14,17-18,21-22,27,30-32,34,36H2,1-12H3,(H2,65,76)(H,67,85)(H,68,84)(H,69,82)(H,70,83)(H,71,86)(H,80,81)/b38-33+/t39-,44-,45-,47-,48+,54+,55+/m0/s1. The van der Waals surface area contributed by atoms with Crippen molar-refractivity contribution < 1.29 is 67.4 Å². The van der Waals surface area contributed by atoms with Crippen LogP contribution in [0.2, 0.25) is 0 Å². The third-order valence-electron chi connectivity index (χ3n) is 16.2. The summed E-state index contributed by atoms with van der Waals surface area (Å²) in [5.74, 6) is -8.07. The lowest BCUT2D eigenvalue weighted by Crippen LogP contribution is -2.61. The average Bonchev–Trinajstić information content (AvgIpc) is 2.50. The Labute approximate surface area is 519 Å². The van der Waals surface area contributed by atoms with Crippen LogP contribution in [0.25, 0.3) is 10.9 Å². The van der Waals surface area contributed by atoms with Gasteiger partial charge in [-0.2, -0.15) is 0 Å². The van der Waals surface area contributed by atoms with Crippen molar-refractivity contribution in [2.45, 2.75) is 174 Å². The minimum Gasteiger partial charge on any atom is -0.481 e. The van der Waals surface area contributed by atoms with Gasteiger partial charge in [-0.15, -0.1) is 0 Å². The summed E-state index contributed by atoms with van der Waals surface area (Å²) in [6.07, 6.45) is 7.20. The number of aromatic nitrogens is 1. The number of likely N-dealkylation sites (tertiary alicyclic amines) is 1. The second kappa shape index (κ2) is 31.4. The summed E-state index contributed by atoms with van der Waals surface area (Å²) in [5, 5.41) is 27.0. The maximum atomic E-state index is 14.6. The Morgan fingerprint density at radius 3 is 2.07 bits per heavy atom. The van der Waals surface area contributed by atoms with Crippen molar-refractivity contribution in [1.82, 2.24) is 45.9 Å². The molecule has 25 heteroatoms. The first-order valence-electron chi connectivity index (χ1n) is 30.1. The number of aryl methyl sites for hydroxylation is 1. The zero-order chi connectivity index (χ0) is 66.2. The fourth-order valence-electron chi connectivity index (χ4n) is 11.0. The summed E-state index contributed by atoms with van der Waals surface area (Å²) < 4.78 is 7.56. The molecule has 0 unspecified atom stereocenters. The number of hydrogen-bond donors (Lipinski definition) is 8. The van der Waals surface area contributed by atoms with E-state index in [2.05, 4.69) is 31.9 Å². The third kappa shape index (κ3) is 19.1. The van der Waals surface area contributed by atoms with Crippen LogP contribution in [0.4, 0.5) is 5.69 Å². The van der Waals surface area contributed by atoms with E-state index < -0.39 is 113 Å². The molecule has 3 aromatic rings. The van der Waals surface area contributed by atoms with Crippen LogP contribution in [-0.2, 0) is 81.3 Å². The van der Waals surface area contributed by atoms with E-state index in [9.17, 15) is 62.6 Å². The van der Waals surface area contributed by atoms with Gasteiger partial charge in [0.2, 0.25) is 47.3 Å². The normalized spacial score (nSPS) is 16.5. The minimum absolute atomic E-state index is 0.117. The summed E-state index contributed by atoms with van der Waals surface area (Å²) in [6.45, 7) is 16.3. The molecule has 2 aromatic carbocycles. The van der Waals surface area contributed by atoms with Crippen LogP contribution in [0.15, 0.2) is 78.5 Å². The summed E-state index contributed by atoms with van der Waals surface area (Å²) in [4.78, 5) is 161. The molecule has 0 radical (unpaired) electrons. The number of benzene rings is 2. The number of nitrogens with two attached hydrogens (primary N) is 1. The second-order valence-electron chi connectivity index (χ2n) is 24.9. The maximum absolute atomic E-state index is 14.6. The Balaban J connectivity index is 1.15. The second-order valence-corrected chi connectivity index (χ2v) is 24.9. The van der Waals surface area contributed by atoms with Crippen LogP contribution in [0.3, 0.4) is 0 Å². The number of nitrogens with one attached hydrogen (secondary N) is 6. The first kappa shape index (κ1) is 71.0. The third-order valence-corrected chi connectivity index (χ3v) is 16.2. The largest absolute Gasteiger partial charge is 0.481 e. The zero-order valence-corrected chi connectivity index (χ0v) is 53.2. The molecule has 5 rings (SSSR count). The molecule has 0 spiro atoms. The number of nitrogens with zero attached hydrogens (tertiary/aromatic N) is 4. The zero-order valence-electron chi connectivity index (χ0n) is 53.2. The van der Waals surface area contributed by atoms with Crippen molar-refractivity contribution in [1.29, 1.82) is 0 Å². The molecule has 2 aliphatic heterocycles. The predicted molar refractivity (Wildman–Crippen MR) is 331 cm³/mol. The van der Waals surface area contributed by atoms with Gasteiger partial charge in [0.15, 0.2) is 0 Å². The van der Waals surface area contributed by atoms with Crippen molar-refractivity contribution in [3.63, 3.8) is 0 Å². The number of carbonyl (C=O) groups excluding carboxylic acids is 11. The fraction of sp³-hybridized carbons (Fsp3) is 0.531. The number of carboxylic acid groups (broad SMARTS) is 1. The van der Waals surface area contributed by atoms with E-state index in [0.717, 1.165) is 21.4 Å². The summed E-state index contributed by atoms with van der Waals surface area (Å²) in [7, 11) is 5.24. The Morgan fingerprint density at radius 2 is 1.46 bits per heavy atom. The Morgan fingerprint density at radius 1 is 0.809 bits per heavy atom. The molecule has 7 atom stereocenters. The molecule has 89 heavy (non-hydrogen) atoms. The molecule has 1 aromatic heterocycles. The number of para-hydroxylation sites is 1. The number of anilines is 1. The van der Waals surface area contributed by atoms with Gasteiger partial charge in [0.1, 0.15) is 36.8 Å². The van der Waals surface area contributed by atoms with Crippen LogP contribution in [0.1, 0.15) is 131 Å². The van der Waals surface area contributed by atoms with E-state index >= 15 is 0 Å². The van der Waals surface area contributed by atoms with Crippen molar-refractivity contribution in [3.8, 4) is 0 Å². The van der Waals surface area contributed by atoms with E-state index in [4.69, 9.17) is 10.5 Å². The molecule has 0 aliphatic carbocycles. The summed E-state index contributed by atoms with van der Waals surface area (Å²) in [5.41, 5.74) is 6.64. The number of imide groups is 1.